The number of carbonyl (C=O) groups excluding carboxylic acids is 2. The zero-order chi connectivity index (χ0) is 18.8. The predicted octanol–water partition coefficient (Wildman–Crippen LogP) is 3.34. The molecule has 1 fully saturated rings. The van der Waals surface area contributed by atoms with Crippen molar-refractivity contribution in [3.63, 3.8) is 0 Å². The summed E-state index contributed by atoms with van der Waals surface area (Å²) in [5, 5.41) is 12.5. The maximum Gasteiger partial charge on any atom is 0.337 e. The van der Waals surface area contributed by atoms with Crippen molar-refractivity contribution >= 4 is 40.8 Å². The molecule has 1 aliphatic rings. The molecule has 1 atom stereocenters. The van der Waals surface area contributed by atoms with Crippen molar-refractivity contribution in [1.82, 2.24) is 0 Å². The molecule has 0 bridgehead atoms. The predicted molar refractivity (Wildman–Crippen MR) is 98.7 cm³/mol. The van der Waals surface area contributed by atoms with Crippen LogP contribution < -0.4 is 10.2 Å². The summed E-state index contributed by atoms with van der Waals surface area (Å²) >= 11 is 5.86. The van der Waals surface area contributed by atoms with E-state index in [4.69, 9.17) is 11.6 Å². The molecule has 1 saturated heterocycles. The number of rotatable bonds is 4. The van der Waals surface area contributed by atoms with Crippen molar-refractivity contribution in [2.24, 2.45) is 5.92 Å². The Labute approximate surface area is 155 Å². The van der Waals surface area contributed by atoms with Crippen LogP contribution in [0.15, 0.2) is 42.5 Å². The Hall–Kier alpha value is -2.86. The Morgan fingerprint density at radius 3 is 2.54 bits per heavy atom. The fourth-order valence-corrected chi connectivity index (χ4v) is 3.06. The van der Waals surface area contributed by atoms with Crippen molar-refractivity contribution in [2.45, 2.75) is 13.3 Å². The van der Waals surface area contributed by atoms with Crippen molar-refractivity contribution in [3.05, 3.63) is 58.6 Å². The number of nitrogens with zero attached hydrogens (tertiary/aromatic N) is 1. The lowest BCUT2D eigenvalue weighted by Crippen LogP contribution is -2.28. The molecule has 7 heteroatoms. The molecule has 2 N–H and O–H groups in total. The largest absolute Gasteiger partial charge is 0.478 e. The first-order valence-corrected chi connectivity index (χ1v) is 8.43. The molecule has 0 aromatic heterocycles. The third kappa shape index (κ3) is 3.70. The lowest BCUT2D eigenvalue weighted by Gasteiger charge is -2.17. The summed E-state index contributed by atoms with van der Waals surface area (Å²) in [7, 11) is 0. The maximum atomic E-state index is 12.5. The van der Waals surface area contributed by atoms with E-state index >= 15 is 0 Å². The summed E-state index contributed by atoms with van der Waals surface area (Å²) in [5.74, 6) is -2.20. The van der Waals surface area contributed by atoms with Crippen LogP contribution in [0.5, 0.6) is 0 Å². The third-order valence-electron chi connectivity index (χ3n) is 4.30. The number of hydrogen-bond acceptors (Lipinski definition) is 3. The van der Waals surface area contributed by atoms with Gasteiger partial charge in [-0.05, 0) is 43.3 Å². The molecular weight excluding hydrogens is 356 g/mol. The van der Waals surface area contributed by atoms with Gasteiger partial charge in [-0.15, -0.1) is 0 Å². The fraction of sp³-hybridized carbons (Fsp3) is 0.211. The van der Waals surface area contributed by atoms with Gasteiger partial charge in [0.25, 0.3) is 0 Å². The summed E-state index contributed by atoms with van der Waals surface area (Å²) in [6, 6.07) is 11.6. The van der Waals surface area contributed by atoms with Crippen LogP contribution in [-0.2, 0) is 9.59 Å². The van der Waals surface area contributed by atoms with Crippen LogP contribution in [0.3, 0.4) is 0 Å². The normalized spacial score (nSPS) is 16.6. The van der Waals surface area contributed by atoms with Gasteiger partial charge in [-0.2, -0.15) is 0 Å². The van der Waals surface area contributed by atoms with Gasteiger partial charge in [0.2, 0.25) is 11.8 Å². The van der Waals surface area contributed by atoms with Crippen LogP contribution in [0.25, 0.3) is 0 Å². The molecule has 6 nitrogen and oxygen atoms in total. The van der Waals surface area contributed by atoms with E-state index in [1.54, 1.807) is 43.3 Å². The monoisotopic (exact) mass is 372 g/mol. The average molecular weight is 373 g/mol. The average Bonchev–Trinajstić information content (AvgIpc) is 2.99. The zero-order valence-corrected chi connectivity index (χ0v) is 14.8. The number of anilines is 2. The lowest BCUT2D eigenvalue weighted by atomic mass is 10.1. The number of carboxylic acids is 1. The minimum Gasteiger partial charge on any atom is -0.478 e. The molecule has 2 aromatic rings. The van der Waals surface area contributed by atoms with Gasteiger partial charge in [0.05, 0.1) is 17.2 Å². The summed E-state index contributed by atoms with van der Waals surface area (Å²) in [6.07, 6.45) is 0.0721. The second-order valence-corrected chi connectivity index (χ2v) is 6.66. The first-order valence-electron chi connectivity index (χ1n) is 8.06. The zero-order valence-electron chi connectivity index (χ0n) is 14.0. The highest BCUT2D eigenvalue weighted by Gasteiger charge is 2.35. The van der Waals surface area contributed by atoms with Gasteiger partial charge in [0.15, 0.2) is 0 Å². The topological polar surface area (TPSA) is 86.7 Å². The number of aryl methyl sites for hydroxylation is 1. The van der Waals surface area contributed by atoms with Crippen LogP contribution in [0.4, 0.5) is 11.4 Å². The Morgan fingerprint density at radius 1 is 1.19 bits per heavy atom. The van der Waals surface area contributed by atoms with Crippen molar-refractivity contribution in [1.29, 1.82) is 0 Å². The van der Waals surface area contributed by atoms with E-state index in [2.05, 4.69) is 5.32 Å². The van der Waals surface area contributed by atoms with Crippen molar-refractivity contribution < 1.29 is 19.5 Å². The Morgan fingerprint density at radius 2 is 1.88 bits per heavy atom. The second kappa shape index (κ2) is 7.17. The molecule has 3 rings (SSSR count). The van der Waals surface area contributed by atoms with Gasteiger partial charge in [0, 0.05) is 23.7 Å². The number of amides is 2. The third-order valence-corrected chi connectivity index (χ3v) is 4.55. The summed E-state index contributed by atoms with van der Waals surface area (Å²) < 4.78 is 0. The smallest absolute Gasteiger partial charge is 0.337 e. The van der Waals surface area contributed by atoms with Crippen molar-refractivity contribution in [2.75, 3.05) is 16.8 Å². The Kier molecular flexibility index (Phi) is 4.95. The quantitative estimate of drug-likeness (QED) is 0.861. The first-order chi connectivity index (χ1) is 12.3. The lowest BCUT2D eigenvalue weighted by molar-refractivity contribution is -0.122. The Balaban J connectivity index is 1.75. The van der Waals surface area contributed by atoms with Crippen LogP contribution in [0, 0.1) is 12.8 Å². The molecule has 2 aromatic carbocycles. The highest BCUT2D eigenvalue weighted by molar-refractivity contribution is 6.30. The number of halogens is 1. The highest BCUT2D eigenvalue weighted by Crippen LogP contribution is 2.27. The number of hydrogen-bond donors (Lipinski definition) is 2. The van der Waals surface area contributed by atoms with Gasteiger partial charge in [0.1, 0.15) is 0 Å². The molecule has 26 heavy (non-hydrogen) atoms. The van der Waals surface area contributed by atoms with Crippen LogP contribution in [-0.4, -0.2) is 29.4 Å². The number of carbonyl (C=O) groups is 3. The summed E-state index contributed by atoms with van der Waals surface area (Å²) in [5.41, 5.74) is 1.71. The molecule has 0 spiro atoms. The summed E-state index contributed by atoms with van der Waals surface area (Å²) in [4.78, 5) is 37.7. The number of benzene rings is 2. The van der Waals surface area contributed by atoms with Crippen LogP contribution in [0.2, 0.25) is 5.02 Å². The van der Waals surface area contributed by atoms with E-state index < -0.39 is 11.9 Å². The van der Waals surface area contributed by atoms with Gasteiger partial charge in [-0.25, -0.2) is 4.79 Å². The molecule has 134 valence electrons. The molecule has 1 aliphatic heterocycles. The first kappa shape index (κ1) is 17.9. The second-order valence-electron chi connectivity index (χ2n) is 6.23. The summed E-state index contributed by atoms with van der Waals surface area (Å²) in [6.45, 7) is 2.01. The standard InChI is InChI=1S/C19H17ClN2O4/c1-11-2-7-16(15(8-11)19(25)26)21-18(24)12-9-17(23)22(10-12)14-5-3-13(20)4-6-14/h2-8,12H,9-10H2,1H3,(H,21,24)(H,25,26). The van der Waals surface area contributed by atoms with Gasteiger partial charge >= 0.3 is 5.97 Å². The fourth-order valence-electron chi connectivity index (χ4n) is 2.93. The molecule has 0 saturated carbocycles. The minimum atomic E-state index is -1.12. The van der Waals surface area contributed by atoms with E-state index in [-0.39, 0.29) is 36.0 Å². The van der Waals surface area contributed by atoms with Crippen LogP contribution >= 0.6 is 11.6 Å². The van der Waals surface area contributed by atoms with Crippen molar-refractivity contribution in [3.8, 4) is 0 Å². The van der Waals surface area contributed by atoms with Gasteiger partial charge in [-0.3, -0.25) is 9.59 Å². The van der Waals surface area contributed by atoms with E-state index in [0.717, 1.165) is 5.56 Å². The maximum absolute atomic E-state index is 12.5. The van der Waals surface area contributed by atoms with E-state index in [0.29, 0.717) is 10.7 Å². The van der Waals surface area contributed by atoms with Crippen LogP contribution in [0.1, 0.15) is 22.3 Å². The van der Waals surface area contributed by atoms with E-state index in [1.165, 1.54) is 11.0 Å². The van der Waals surface area contributed by atoms with E-state index in [1.807, 2.05) is 0 Å². The minimum absolute atomic E-state index is 0.0252. The molecule has 1 heterocycles. The highest BCUT2D eigenvalue weighted by atomic mass is 35.5. The molecule has 0 aliphatic carbocycles. The Bertz CT molecular complexity index is 880. The van der Waals surface area contributed by atoms with E-state index in [9.17, 15) is 19.5 Å². The molecular formula is C19H17ClN2O4. The number of carboxylic acid groups (broad SMARTS) is 1. The number of nitrogens with one attached hydrogen (secondary N) is 1. The molecule has 2 amide bonds. The number of aromatic carboxylic acids is 1. The van der Waals surface area contributed by atoms with Gasteiger partial charge in [-0.1, -0.05) is 23.2 Å². The SMILES string of the molecule is Cc1ccc(NC(=O)C2CC(=O)N(c3ccc(Cl)cc3)C2)c(C(=O)O)c1. The molecule has 1 unspecified atom stereocenters. The van der Waals surface area contributed by atoms with Gasteiger partial charge < -0.3 is 15.3 Å². The molecule has 0 radical (unpaired) electrons.